The van der Waals surface area contributed by atoms with E-state index in [1.165, 1.54) is 18.9 Å². The van der Waals surface area contributed by atoms with Crippen LogP contribution in [0.1, 0.15) is 23.2 Å². The predicted molar refractivity (Wildman–Crippen MR) is 109 cm³/mol. The minimum atomic E-state index is -1.04. The molecule has 0 spiro atoms. The van der Waals surface area contributed by atoms with Crippen molar-refractivity contribution in [1.29, 1.82) is 0 Å². The Kier molecular flexibility index (Phi) is 8.23. The van der Waals surface area contributed by atoms with Gasteiger partial charge in [-0.2, -0.15) is 0 Å². The van der Waals surface area contributed by atoms with Gasteiger partial charge in [-0.15, -0.1) is 11.8 Å². The van der Waals surface area contributed by atoms with Gasteiger partial charge in [0.2, 0.25) is 11.8 Å². The van der Waals surface area contributed by atoms with E-state index in [0.29, 0.717) is 11.4 Å². The minimum absolute atomic E-state index is 0.0892. The molecule has 29 heavy (non-hydrogen) atoms. The fraction of sp³-hybridized carbons (Fsp3) is 0.200. The van der Waals surface area contributed by atoms with E-state index in [0.717, 1.165) is 4.90 Å². The Morgan fingerprint density at radius 2 is 1.72 bits per heavy atom. The number of rotatable bonds is 9. The van der Waals surface area contributed by atoms with Crippen molar-refractivity contribution in [3.8, 4) is 0 Å². The molecule has 0 heterocycles. The third-order valence-electron chi connectivity index (χ3n) is 3.66. The molecule has 0 fully saturated rings. The average molecular weight is 416 g/mol. The second kappa shape index (κ2) is 10.9. The maximum Gasteiger partial charge on any atom is 0.339 e. The predicted octanol–water partition coefficient (Wildman–Crippen LogP) is 3.01. The van der Waals surface area contributed by atoms with Crippen molar-refractivity contribution in [2.45, 2.75) is 17.7 Å². The second-order valence-corrected chi connectivity index (χ2v) is 6.89. The zero-order chi connectivity index (χ0) is 21.2. The van der Waals surface area contributed by atoms with Crippen molar-refractivity contribution in [1.82, 2.24) is 0 Å². The molecule has 9 heteroatoms. The molecule has 0 saturated carbocycles. The number of benzene rings is 2. The summed E-state index contributed by atoms with van der Waals surface area (Å²) in [4.78, 5) is 47.0. The lowest BCUT2D eigenvalue weighted by Crippen LogP contribution is -2.17. The van der Waals surface area contributed by atoms with Crippen molar-refractivity contribution in [3.63, 3.8) is 0 Å². The van der Waals surface area contributed by atoms with Crippen LogP contribution in [0, 0.1) is 0 Å². The van der Waals surface area contributed by atoms with Gasteiger partial charge >= 0.3 is 11.9 Å². The number of carbonyl (C=O) groups is 4. The first-order chi connectivity index (χ1) is 13.9. The fourth-order valence-corrected chi connectivity index (χ4v) is 3.08. The first-order valence-corrected chi connectivity index (χ1v) is 9.59. The number of para-hydroxylation sites is 1. The van der Waals surface area contributed by atoms with Gasteiger partial charge in [-0.1, -0.05) is 18.2 Å². The van der Waals surface area contributed by atoms with Gasteiger partial charge in [-0.3, -0.25) is 14.4 Å². The maximum atomic E-state index is 12.3. The second-order valence-electron chi connectivity index (χ2n) is 5.84. The third kappa shape index (κ3) is 7.30. The summed E-state index contributed by atoms with van der Waals surface area (Å²) in [5, 5.41) is 13.9. The van der Waals surface area contributed by atoms with Gasteiger partial charge in [0.15, 0.2) is 0 Å². The smallest absolute Gasteiger partial charge is 0.339 e. The van der Waals surface area contributed by atoms with Gasteiger partial charge in [0.25, 0.3) is 0 Å². The summed E-state index contributed by atoms with van der Waals surface area (Å²) < 4.78 is 4.70. The summed E-state index contributed by atoms with van der Waals surface area (Å²) >= 11 is 1.25. The molecule has 2 aromatic rings. The van der Waals surface area contributed by atoms with E-state index in [1.807, 2.05) is 0 Å². The van der Waals surface area contributed by atoms with Crippen LogP contribution >= 0.6 is 11.8 Å². The van der Waals surface area contributed by atoms with E-state index in [1.54, 1.807) is 48.5 Å². The summed E-state index contributed by atoms with van der Waals surface area (Å²) in [6, 6.07) is 13.4. The molecule has 0 aliphatic carbocycles. The van der Waals surface area contributed by atoms with Crippen molar-refractivity contribution in [2.24, 2.45) is 0 Å². The lowest BCUT2D eigenvalue weighted by Gasteiger charge is -2.10. The molecule has 0 saturated heterocycles. The molecule has 8 nitrogen and oxygen atoms in total. The highest BCUT2D eigenvalue weighted by Gasteiger charge is 2.13. The van der Waals surface area contributed by atoms with Crippen molar-refractivity contribution in [2.75, 3.05) is 23.5 Å². The van der Waals surface area contributed by atoms with Crippen molar-refractivity contribution in [3.05, 3.63) is 54.1 Å². The number of aliphatic carboxylic acids is 1. The number of hydrogen-bond acceptors (Lipinski definition) is 6. The number of carbonyl (C=O) groups excluding carboxylic acids is 3. The number of methoxy groups -OCH3 is 1. The Morgan fingerprint density at radius 3 is 2.45 bits per heavy atom. The molecule has 0 unspecified atom stereocenters. The number of carboxylic acids is 1. The molecule has 2 aromatic carbocycles. The normalized spacial score (nSPS) is 10.1. The van der Waals surface area contributed by atoms with Crippen molar-refractivity contribution < 1.29 is 29.0 Å². The highest BCUT2D eigenvalue weighted by Crippen LogP contribution is 2.23. The number of nitrogens with one attached hydrogen (secondary N) is 2. The van der Waals surface area contributed by atoms with Crippen LogP contribution in [0.2, 0.25) is 0 Å². The Labute approximate surface area is 171 Å². The Bertz CT molecular complexity index is 915. The van der Waals surface area contributed by atoms with E-state index in [-0.39, 0.29) is 30.1 Å². The summed E-state index contributed by atoms with van der Waals surface area (Å²) in [7, 11) is 1.27. The summed E-state index contributed by atoms with van der Waals surface area (Å²) in [6.07, 6.45) is -0.359. The molecule has 0 aromatic heterocycles. The number of hydrogen-bond donors (Lipinski definition) is 3. The molecule has 2 rings (SSSR count). The van der Waals surface area contributed by atoms with Gasteiger partial charge in [-0.25, -0.2) is 4.79 Å². The molecule has 0 aliphatic heterocycles. The number of anilines is 2. The number of ether oxygens (including phenoxy) is 1. The Morgan fingerprint density at radius 1 is 0.966 bits per heavy atom. The number of amides is 2. The van der Waals surface area contributed by atoms with E-state index >= 15 is 0 Å². The zero-order valence-electron chi connectivity index (χ0n) is 15.6. The molecule has 0 aliphatic rings. The molecule has 0 radical (unpaired) electrons. The Hall–Kier alpha value is -3.33. The molecule has 152 valence electrons. The molecular formula is C20H20N2O6S. The van der Waals surface area contributed by atoms with E-state index in [2.05, 4.69) is 10.6 Å². The van der Waals surface area contributed by atoms with Gasteiger partial charge < -0.3 is 20.5 Å². The monoisotopic (exact) mass is 416 g/mol. The van der Waals surface area contributed by atoms with Crippen LogP contribution in [0.15, 0.2) is 53.4 Å². The largest absolute Gasteiger partial charge is 0.481 e. The topological polar surface area (TPSA) is 122 Å². The number of thioether (sulfide) groups is 1. The van der Waals surface area contributed by atoms with Crippen LogP contribution in [-0.2, 0) is 19.1 Å². The molecule has 3 N–H and O–H groups in total. The maximum absolute atomic E-state index is 12.3. The summed E-state index contributed by atoms with van der Waals surface area (Å²) in [5.74, 6) is -2.19. The van der Waals surface area contributed by atoms with Crippen LogP contribution in [-0.4, -0.2) is 41.7 Å². The van der Waals surface area contributed by atoms with Gasteiger partial charge in [0.05, 0.1) is 30.5 Å². The highest BCUT2D eigenvalue weighted by molar-refractivity contribution is 8.00. The minimum Gasteiger partial charge on any atom is -0.481 e. The van der Waals surface area contributed by atoms with E-state index in [4.69, 9.17) is 9.84 Å². The first-order valence-electron chi connectivity index (χ1n) is 8.60. The van der Waals surface area contributed by atoms with Crippen LogP contribution in [0.5, 0.6) is 0 Å². The SMILES string of the molecule is COC(=O)c1ccccc1NC(=O)CSc1cccc(NC(=O)CCC(=O)O)c1. The molecule has 0 bridgehead atoms. The fourth-order valence-electron chi connectivity index (χ4n) is 2.32. The quantitative estimate of drug-likeness (QED) is 0.424. The van der Waals surface area contributed by atoms with E-state index in [9.17, 15) is 19.2 Å². The van der Waals surface area contributed by atoms with E-state index < -0.39 is 17.8 Å². The molecular weight excluding hydrogens is 396 g/mol. The molecule has 0 atom stereocenters. The Balaban J connectivity index is 1.92. The van der Waals surface area contributed by atoms with Gasteiger partial charge in [0, 0.05) is 17.0 Å². The van der Waals surface area contributed by atoms with Crippen LogP contribution in [0.25, 0.3) is 0 Å². The first kappa shape index (κ1) is 22.0. The van der Waals surface area contributed by atoms with Gasteiger partial charge in [-0.05, 0) is 30.3 Å². The number of esters is 1. The standard InChI is InChI=1S/C20H20N2O6S/c1-28-20(27)15-7-2-3-8-16(15)22-18(24)12-29-14-6-4-5-13(11-14)21-17(23)9-10-19(25)26/h2-8,11H,9-10,12H2,1H3,(H,21,23)(H,22,24)(H,25,26). The van der Waals surface area contributed by atoms with Crippen LogP contribution < -0.4 is 10.6 Å². The lowest BCUT2D eigenvalue weighted by atomic mass is 10.2. The average Bonchev–Trinajstić information content (AvgIpc) is 2.71. The van der Waals surface area contributed by atoms with Crippen molar-refractivity contribution >= 4 is 46.9 Å². The van der Waals surface area contributed by atoms with Crippen LogP contribution in [0.3, 0.4) is 0 Å². The number of carboxylic acid groups (broad SMARTS) is 1. The summed E-state index contributed by atoms with van der Waals surface area (Å²) in [6.45, 7) is 0. The third-order valence-corrected chi connectivity index (χ3v) is 4.65. The summed E-state index contributed by atoms with van der Waals surface area (Å²) in [5.41, 5.74) is 1.14. The highest BCUT2D eigenvalue weighted by atomic mass is 32.2. The zero-order valence-corrected chi connectivity index (χ0v) is 16.5. The van der Waals surface area contributed by atoms with Gasteiger partial charge in [0.1, 0.15) is 0 Å². The lowest BCUT2D eigenvalue weighted by molar-refractivity contribution is -0.138. The molecule has 2 amide bonds. The van der Waals surface area contributed by atoms with Crippen LogP contribution in [0.4, 0.5) is 11.4 Å².